The van der Waals surface area contributed by atoms with Crippen LogP contribution >= 0.6 is 0 Å². The monoisotopic (exact) mass is 171 g/mol. The number of hydrogen-bond donors (Lipinski definition) is 1. The molecule has 0 aromatic rings. The molecule has 0 radical (unpaired) electrons. The summed E-state index contributed by atoms with van der Waals surface area (Å²) in [6.45, 7) is 9.15. The van der Waals surface area contributed by atoms with E-state index in [4.69, 9.17) is 0 Å². The van der Waals surface area contributed by atoms with Gasteiger partial charge in [0, 0.05) is 0 Å². The molecule has 0 atom stereocenters. The second kappa shape index (κ2) is 9.05. The molecule has 0 aromatic heterocycles. The van der Waals surface area contributed by atoms with Crippen LogP contribution in [0.15, 0.2) is 0 Å². The second-order valence-electron chi connectivity index (χ2n) is 4.01. The van der Waals surface area contributed by atoms with Crippen LogP contribution < -0.4 is 5.32 Å². The van der Waals surface area contributed by atoms with Gasteiger partial charge in [0.05, 0.1) is 0 Å². The Labute approximate surface area is 77.9 Å². The highest BCUT2D eigenvalue weighted by Gasteiger charge is 1.92. The number of nitrogens with one attached hydrogen (secondary N) is 1. The summed E-state index contributed by atoms with van der Waals surface area (Å²) in [6, 6.07) is 0. The maximum absolute atomic E-state index is 3.46. The Balaban J connectivity index is 2.82. The van der Waals surface area contributed by atoms with Crippen LogP contribution in [0.25, 0.3) is 0 Å². The van der Waals surface area contributed by atoms with E-state index in [0.717, 1.165) is 5.92 Å². The van der Waals surface area contributed by atoms with Gasteiger partial charge in [-0.05, 0) is 25.4 Å². The molecule has 0 aliphatic rings. The van der Waals surface area contributed by atoms with Crippen molar-refractivity contribution in [3.8, 4) is 0 Å². The quantitative estimate of drug-likeness (QED) is 0.553. The van der Waals surface area contributed by atoms with Crippen LogP contribution in [0.5, 0.6) is 0 Å². The van der Waals surface area contributed by atoms with Crippen molar-refractivity contribution in [2.45, 2.75) is 52.9 Å². The minimum Gasteiger partial charge on any atom is -0.316 e. The van der Waals surface area contributed by atoms with E-state index in [1.54, 1.807) is 0 Å². The fourth-order valence-corrected chi connectivity index (χ4v) is 1.24. The molecule has 0 rings (SSSR count). The van der Waals surface area contributed by atoms with Crippen LogP contribution in [-0.2, 0) is 0 Å². The smallest absolute Gasteiger partial charge is 0.00258 e. The molecule has 12 heavy (non-hydrogen) atoms. The van der Waals surface area contributed by atoms with Gasteiger partial charge in [0.2, 0.25) is 0 Å². The third-order valence-corrected chi connectivity index (χ3v) is 2.01. The van der Waals surface area contributed by atoms with E-state index < -0.39 is 0 Å². The summed E-state index contributed by atoms with van der Waals surface area (Å²) in [5.74, 6) is 0.792. The number of hydrogen-bond acceptors (Lipinski definition) is 1. The molecule has 1 nitrogen and oxygen atoms in total. The summed E-state index contributed by atoms with van der Waals surface area (Å²) in [5.41, 5.74) is 0. The maximum Gasteiger partial charge on any atom is -0.00258 e. The SMILES string of the molecule is CCCCCCCNCC(C)C. The Morgan fingerprint density at radius 1 is 1.00 bits per heavy atom. The van der Waals surface area contributed by atoms with Gasteiger partial charge < -0.3 is 5.32 Å². The normalized spacial score (nSPS) is 11.0. The summed E-state index contributed by atoms with van der Waals surface area (Å²) >= 11 is 0. The highest BCUT2D eigenvalue weighted by Crippen LogP contribution is 2.01. The average Bonchev–Trinajstić information content (AvgIpc) is 2.02. The van der Waals surface area contributed by atoms with Crippen LogP contribution in [0.1, 0.15) is 52.9 Å². The number of rotatable bonds is 8. The number of unbranched alkanes of at least 4 members (excludes halogenated alkanes) is 4. The Hall–Kier alpha value is -0.0400. The van der Waals surface area contributed by atoms with Gasteiger partial charge in [-0.3, -0.25) is 0 Å². The van der Waals surface area contributed by atoms with Crippen molar-refractivity contribution in [3.05, 3.63) is 0 Å². The lowest BCUT2D eigenvalue weighted by Gasteiger charge is -2.06. The third-order valence-electron chi connectivity index (χ3n) is 2.01. The minimum atomic E-state index is 0.792. The van der Waals surface area contributed by atoms with E-state index in [9.17, 15) is 0 Å². The van der Waals surface area contributed by atoms with Gasteiger partial charge in [-0.2, -0.15) is 0 Å². The summed E-state index contributed by atoms with van der Waals surface area (Å²) in [4.78, 5) is 0. The van der Waals surface area contributed by atoms with Crippen LogP contribution in [0.2, 0.25) is 0 Å². The molecule has 0 heterocycles. The summed E-state index contributed by atoms with van der Waals surface area (Å²) in [7, 11) is 0. The van der Waals surface area contributed by atoms with Gasteiger partial charge in [-0.1, -0.05) is 46.5 Å². The lowest BCUT2D eigenvalue weighted by Crippen LogP contribution is -2.20. The van der Waals surface area contributed by atoms with Gasteiger partial charge in [0.1, 0.15) is 0 Å². The molecular formula is C11H25N. The molecule has 0 amide bonds. The van der Waals surface area contributed by atoms with E-state index in [1.165, 1.54) is 45.2 Å². The van der Waals surface area contributed by atoms with Crippen LogP contribution in [0.4, 0.5) is 0 Å². The Morgan fingerprint density at radius 2 is 1.67 bits per heavy atom. The molecule has 0 fully saturated rings. The zero-order valence-corrected chi connectivity index (χ0v) is 9.03. The molecule has 0 aliphatic heterocycles. The lowest BCUT2D eigenvalue weighted by molar-refractivity contribution is 0.525. The Kier molecular flexibility index (Phi) is 9.02. The molecule has 0 saturated heterocycles. The molecule has 0 saturated carbocycles. The Morgan fingerprint density at radius 3 is 2.25 bits per heavy atom. The largest absolute Gasteiger partial charge is 0.316 e. The topological polar surface area (TPSA) is 12.0 Å². The van der Waals surface area contributed by atoms with Crippen molar-refractivity contribution >= 4 is 0 Å². The first-order valence-corrected chi connectivity index (χ1v) is 5.48. The van der Waals surface area contributed by atoms with Gasteiger partial charge >= 0.3 is 0 Å². The standard InChI is InChI=1S/C11H25N/c1-4-5-6-7-8-9-12-10-11(2)3/h11-12H,4-10H2,1-3H3. The minimum absolute atomic E-state index is 0.792. The molecule has 1 heteroatoms. The van der Waals surface area contributed by atoms with Crippen molar-refractivity contribution < 1.29 is 0 Å². The molecule has 0 unspecified atom stereocenters. The zero-order chi connectivity index (χ0) is 9.23. The van der Waals surface area contributed by atoms with Crippen molar-refractivity contribution in [2.24, 2.45) is 5.92 Å². The van der Waals surface area contributed by atoms with E-state index in [1.807, 2.05) is 0 Å². The van der Waals surface area contributed by atoms with Crippen molar-refractivity contribution in [1.82, 2.24) is 5.32 Å². The molecule has 74 valence electrons. The van der Waals surface area contributed by atoms with Gasteiger partial charge in [-0.25, -0.2) is 0 Å². The summed E-state index contributed by atoms with van der Waals surface area (Å²) < 4.78 is 0. The molecule has 0 aliphatic carbocycles. The van der Waals surface area contributed by atoms with E-state index >= 15 is 0 Å². The molecule has 0 spiro atoms. The first-order chi connectivity index (χ1) is 5.77. The van der Waals surface area contributed by atoms with Crippen molar-refractivity contribution in [3.63, 3.8) is 0 Å². The maximum atomic E-state index is 3.46. The third kappa shape index (κ3) is 9.96. The van der Waals surface area contributed by atoms with E-state index in [-0.39, 0.29) is 0 Å². The predicted molar refractivity (Wildman–Crippen MR) is 56.5 cm³/mol. The van der Waals surface area contributed by atoms with Gasteiger partial charge in [0.25, 0.3) is 0 Å². The fourth-order valence-electron chi connectivity index (χ4n) is 1.24. The van der Waals surface area contributed by atoms with Crippen LogP contribution in [0, 0.1) is 5.92 Å². The van der Waals surface area contributed by atoms with Crippen molar-refractivity contribution in [2.75, 3.05) is 13.1 Å². The first kappa shape index (κ1) is 12.0. The van der Waals surface area contributed by atoms with Crippen molar-refractivity contribution in [1.29, 1.82) is 0 Å². The summed E-state index contributed by atoms with van der Waals surface area (Å²) in [5, 5.41) is 3.46. The van der Waals surface area contributed by atoms with E-state index in [2.05, 4.69) is 26.1 Å². The van der Waals surface area contributed by atoms with Gasteiger partial charge in [0.15, 0.2) is 0 Å². The highest BCUT2D eigenvalue weighted by molar-refractivity contribution is 4.51. The predicted octanol–water partition coefficient (Wildman–Crippen LogP) is 3.20. The highest BCUT2D eigenvalue weighted by atomic mass is 14.8. The second-order valence-corrected chi connectivity index (χ2v) is 4.01. The average molecular weight is 171 g/mol. The molecule has 0 aromatic carbocycles. The van der Waals surface area contributed by atoms with Crippen LogP contribution in [-0.4, -0.2) is 13.1 Å². The molecule has 1 N–H and O–H groups in total. The Bertz CT molecular complexity index is 79.1. The zero-order valence-electron chi connectivity index (χ0n) is 9.03. The first-order valence-electron chi connectivity index (χ1n) is 5.48. The van der Waals surface area contributed by atoms with E-state index in [0.29, 0.717) is 0 Å². The van der Waals surface area contributed by atoms with Crippen LogP contribution in [0.3, 0.4) is 0 Å². The lowest BCUT2D eigenvalue weighted by atomic mass is 10.1. The molecular weight excluding hydrogens is 146 g/mol. The molecule has 0 bridgehead atoms. The van der Waals surface area contributed by atoms with Gasteiger partial charge in [-0.15, -0.1) is 0 Å². The summed E-state index contributed by atoms with van der Waals surface area (Å²) in [6.07, 6.45) is 6.93. The fraction of sp³-hybridized carbons (Fsp3) is 1.00.